The number of benzene rings is 4. The van der Waals surface area contributed by atoms with Crippen LogP contribution in [0.1, 0.15) is 22.3 Å². The average molecular weight is 768 g/mol. The highest BCUT2D eigenvalue weighted by Crippen LogP contribution is 2.33. The first-order valence-electron chi connectivity index (χ1n) is 14.5. The van der Waals surface area contributed by atoms with Gasteiger partial charge in [0.15, 0.2) is 17.2 Å². The number of rotatable bonds is 17. The Labute approximate surface area is 305 Å². The van der Waals surface area contributed by atoms with Crippen molar-refractivity contribution in [3.63, 3.8) is 0 Å². The van der Waals surface area contributed by atoms with Gasteiger partial charge in [-0.05, 0) is 109 Å². The largest absolute Gasteiger partial charge is 0.540 e. The van der Waals surface area contributed by atoms with Gasteiger partial charge in [0, 0.05) is 0 Å². The number of hydrogen-bond acceptors (Lipinski definition) is 10. The van der Waals surface area contributed by atoms with Crippen molar-refractivity contribution < 1.29 is 18.3 Å². The normalized spacial score (nSPS) is 12.0. The van der Waals surface area contributed by atoms with Crippen molar-refractivity contribution in [3.05, 3.63) is 132 Å². The summed E-state index contributed by atoms with van der Waals surface area (Å²) < 4.78 is 27.8. The highest BCUT2D eigenvalue weighted by molar-refractivity contribution is 8.02. The minimum atomic E-state index is -1.44. The molecule has 0 bridgehead atoms. The first-order chi connectivity index (χ1) is 23.6. The third kappa shape index (κ3) is 12.6. The lowest BCUT2D eigenvalue weighted by atomic mass is 10.2. The molecule has 4 aromatic rings. The van der Waals surface area contributed by atoms with E-state index in [1.54, 1.807) is 54.1 Å². The van der Waals surface area contributed by atoms with Crippen LogP contribution in [0.5, 0.6) is 23.0 Å². The molecule has 0 heterocycles. The van der Waals surface area contributed by atoms with E-state index in [0.29, 0.717) is 17.2 Å². The Balaban J connectivity index is 1.21. The van der Waals surface area contributed by atoms with E-state index in [4.69, 9.17) is 53.7 Å². The second-order valence-corrected chi connectivity index (χ2v) is 16.5. The van der Waals surface area contributed by atoms with Crippen molar-refractivity contribution in [2.24, 2.45) is 15.3 Å². The Hall–Kier alpha value is -4.21. The molecular weight excluding hydrogens is 734 g/mol. The summed E-state index contributed by atoms with van der Waals surface area (Å²) in [5, 5.41) is 13.3. The van der Waals surface area contributed by atoms with Crippen molar-refractivity contribution in [1.29, 1.82) is 0 Å². The van der Waals surface area contributed by atoms with Gasteiger partial charge in [0.25, 0.3) is 0 Å². The van der Waals surface area contributed by atoms with Gasteiger partial charge < -0.3 is 4.74 Å². The second-order valence-electron chi connectivity index (χ2n) is 9.99. The maximum absolute atomic E-state index is 5.96. The molecule has 0 fully saturated rings. The molecule has 250 valence electrons. The molecule has 0 aliphatic heterocycles. The molecule has 0 aromatic heterocycles. The number of hydrogen-bond donors (Lipinski definition) is 0. The Morgan fingerprint density at radius 3 is 1.10 bits per heavy atom. The molecule has 3 atom stereocenters. The van der Waals surface area contributed by atoms with Crippen LogP contribution in [-0.2, 0) is 35.4 Å². The lowest BCUT2D eigenvalue weighted by Gasteiger charge is -2.04. The van der Waals surface area contributed by atoms with Gasteiger partial charge in [-0.3, -0.25) is 13.6 Å². The van der Waals surface area contributed by atoms with E-state index >= 15 is 0 Å². The molecule has 0 aliphatic rings. The predicted octanol–water partition coefficient (Wildman–Crippen LogP) is 8.87. The zero-order valence-corrected chi connectivity index (χ0v) is 32.3. The van der Waals surface area contributed by atoms with E-state index in [-0.39, 0.29) is 0 Å². The first kappa shape index (κ1) is 37.6. The summed E-state index contributed by atoms with van der Waals surface area (Å²) in [5.74, 6) is 2.69. The summed E-state index contributed by atoms with van der Waals surface area (Å²) in [6.07, 6.45) is 6.52. The maximum atomic E-state index is 5.96. The molecule has 0 saturated carbocycles. The van der Waals surface area contributed by atoms with Crippen LogP contribution >= 0.6 is 21.2 Å². The minimum Gasteiger partial charge on any atom is -0.466 e. The molecule has 0 spiro atoms. The minimum absolute atomic E-state index is 0.633. The molecule has 0 aliphatic carbocycles. The predicted molar refractivity (Wildman–Crippen MR) is 212 cm³/mol. The van der Waals surface area contributed by atoms with Crippen LogP contribution in [0.2, 0.25) is 0 Å². The molecule has 0 N–H and O–H groups in total. The highest BCUT2D eigenvalue weighted by Gasteiger charge is 2.22. The van der Waals surface area contributed by atoms with Crippen molar-refractivity contribution in [1.82, 2.24) is 14.3 Å². The van der Waals surface area contributed by atoms with Crippen LogP contribution in [0, 0.1) is 6.92 Å². The van der Waals surface area contributed by atoms with Crippen LogP contribution in [0.15, 0.2) is 125 Å². The van der Waals surface area contributed by atoms with Crippen LogP contribution in [0.3, 0.4) is 0 Å². The molecule has 3 unspecified atom stereocenters. The fourth-order valence-corrected chi connectivity index (χ4v) is 6.40. The Kier molecular flexibility index (Phi) is 14.7. The quantitative estimate of drug-likeness (QED) is 0.0450. The maximum Gasteiger partial charge on any atom is 0.540 e. The molecule has 0 saturated heterocycles. The van der Waals surface area contributed by atoms with Gasteiger partial charge in [-0.2, -0.15) is 0 Å². The third-order valence-electron chi connectivity index (χ3n) is 6.26. The Bertz CT molecular complexity index is 1840. The van der Waals surface area contributed by atoms with E-state index < -0.39 is 21.2 Å². The van der Waals surface area contributed by atoms with E-state index in [2.05, 4.69) is 21.9 Å². The van der Waals surface area contributed by atoms with E-state index in [1.807, 2.05) is 104 Å². The summed E-state index contributed by atoms with van der Waals surface area (Å²) >= 11 is 16.6. The van der Waals surface area contributed by atoms with Gasteiger partial charge in [0.1, 0.15) is 5.75 Å². The van der Waals surface area contributed by atoms with Gasteiger partial charge in [0.2, 0.25) is 35.4 Å². The molecule has 4 rings (SSSR count). The van der Waals surface area contributed by atoms with Gasteiger partial charge in [-0.25, -0.2) is 0 Å². The number of aryl methyl sites for hydroxylation is 1. The average Bonchev–Trinajstić information content (AvgIpc) is 3.11. The van der Waals surface area contributed by atoms with E-state index in [0.717, 1.165) is 28.0 Å². The topological polar surface area (TPSA) is 83.7 Å². The van der Waals surface area contributed by atoms with E-state index in [1.165, 1.54) is 6.26 Å². The van der Waals surface area contributed by atoms with Crippen LogP contribution in [-0.4, -0.2) is 54.1 Å². The number of nitrogens with zero attached hydrogens (tertiary/aromatic N) is 6. The fraction of sp³-hybridized carbons (Fsp3) is 0.121. The van der Waals surface area contributed by atoms with Crippen molar-refractivity contribution in [3.8, 4) is 23.0 Å². The van der Waals surface area contributed by atoms with Gasteiger partial charge in [-0.1, -0.05) is 38.6 Å². The Morgan fingerprint density at radius 2 is 0.796 bits per heavy atom. The van der Waals surface area contributed by atoms with Gasteiger partial charge in [-0.15, -0.1) is 15.3 Å². The molecule has 0 amide bonds. The molecule has 4 aromatic carbocycles. The summed E-state index contributed by atoms with van der Waals surface area (Å²) in [4.78, 5) is 0. The lowest BCUT2D eigenvalue weighted by molar-refractivity contribution is 0.483. The zero-order chi connectivity index (χ0) is 35.2. The molecular formula is C33H34N6O4P3S3+3. The third-order valence-corrected chi connectivity index (χ3v) is 11.9. The smallest absolute Gasteiger partial charge is 0.466 e. The summed E-state index contributed by atoms with van der Waals surface area (Å²) in [6.45, 7) is 5.57. The second kappa shape index (κ2) is 19.1. The van der Waals surface area contributed by atoms with Crippen molar-refractivity contribution in [2.75, 3.05) is 21.1 Å². The van der Waals surface area contributed by atoms with Crippen LogP contribution in [0.25, 0.3) is 0 Å². The fourth-order valence-electron chi connectivity index (χ4n) is 3.58. The molecule has 0 radical (unpaired) electrons. The molecule has 10 nitrogen and oxygen atoms in total. The van der Waals surface area contributed by atoms with Gasteiger partial charge >= 0.3 is 21.2 Å². The van der Waals surface area contributed by atoms with Gasteiger partial charge in [0.05, 0.1) is 46.0 Å². The number of hydrazone groups is 3. The van der Waals surface area contributed by atoms with E-state index in [9.17, 15) is 0 Å². The highest BCUT2D eigenvalue weighted by atomic mass is 32.4. The summed E-state index contributed by atoms with van der Waals surface area (Å²) in [6, 6.07) is 30.1. The molecule has 49 heavy (non-hydrogen) atoms. The molecule has 16 heteroatoms. The van der Waals surface area contributed by atoms with Crippen LogP contribution in [0.4, 0.5) is 0 Å². The summed E-state index contributed by atoms with van der Waals surface area (Å²) in [5.41, 5.74) is 3.80. The van der Waals surface area contributed by atoms with Crippen LogP contribution < -0.4 is 18.3 Å². The Morgan fingerprint density at radius 1 is 0.510 bits per heavy atom. The SMILES string of the molecule is C=COc1ccc(/C=N/N(C)[P+](=S)Oc2ccc(/C=N/N(C)[P+](=S)Oc3ccc(/C=N/N(C)[P+](=S)Oc4ccc(C)cc4)cc3)cc2)cc1. The standard InChI is InChI=1S/C33H34N6O4P3S3/c1-6-40-30-17-9-27(10-18-30)23-34-38(4)45(48)42-32-21-13-29(14-22-32)25-36-39(5)46(49)43-33-19-11-28(12-20-33)24-35-37(3)44(47)41-31-15-7-26(2)8-16-31/h6-25H,1H2,2-5H3/q+3/b34-23+,35-24+,36-25+. The lowest BCUT2D eigenvalue weighted by Crippen LogP contribution is -2.04. The zero-order valence-electron chi connectivity index (χ0n) is 27.1. The van der Waals surface area contributed by atoms with Crippen molar-refractivity contribution >= 4 is 75.3 Å². The summed E-state index contributed by atoms with van der Waals surface area (Å²) in [7, 11) is 1.15. The first-order valence-corrected chi connectivity index (χ1v) is 21.2. The number of ether oxygens (including phenoxy) is 1. The van der Waals surface area contributed by atoms with Crippen molar-refractivity contribution in [2.45, 2.75) is 6.92 Å². The monoisotopic (exact) mass is 767 g/mol.